The van der Waals surface area contributed by atoms with Crippen molar-refractivity contribution in [1.82, 2.24) is 0 Å². The minimum atomic E-state index is -0.311. The van der Waals surface area contributed by atoms with E-state index < -0.39 is 0 Å². The highest BCUT2D eigenvalue weighted by Gasteiger charge is 2.22. The molecule has 0 heterocycles. The maximum Gasteiger partial charge on any atom is 0.189 e. The number of hydrogen-bond donors (Lipinski definition) is 0. The molecule has 0 saturated heterocycles. The van der Waals surface area contributed by atoms with Crippen LogP contribution in [0.4, 0.5) is 4.39 Å². The van der Waals surface area contributed by atoms with Crippen LogP contribution >= 0.6 is 0 Å². The fraction of sp³-hybridized carbons (Fsp3) is 0.167. The number of aryl methyl sites for hydroxylation is 1. The van der Waals surface area contributed by atoms with Crippen LogP contribution in [0.3, 0.4) is 0 Å². The van der Waals surface area contributed by atoms with Crippen molar-refractivity contribution in [2.75, 3.05) is 7.11 Å². The van der Waals surface area contributed by atoms with Crippen molar-refractivity contribution in [2.24, 2.45) is 0 Å². The first kappa shape index (κ1) is 13.6. The molecule has 0 spiro atoms. The van der Waals surface area contributed by atoms with Gasteiger partial charge in [0.15, 0.2) is 5.78 Å². The lowest BCUT2D eigenvalue weighted by Crippen LogP contribution is -2.14. The van der Waals surface area contributed by atoms with Crippen LogP contribution in [-0.2, 0) is 6.42 Å². The van der Waals surface area contributed by atoms with Gasteiger partial charge in [0, 0.05) is 16.7 Å². The van der Waals surface area contributed by atoms with Gasteiger partial charge in [-0.15, -0.1) is 0 Å². The summed E-state index contributed by atoms with van der Waals surface area (Å²) >= 11 is 0. The second-order valence-corrected chi connectivity index (χ2v) is 5.04. The van der Waals surface area contributed by atoms with Gasteiger partial charge in [0.1, 0.15) is 11.6 Å². The molecule has 0 aliphatic heterocycles. The fourth-order valence-electron chi connectivity index (χ4n) is 2.59. The van der Waals surface area contributed by atoms with E-state index in [-0.39, 0.29) is 11.6 Å². The molecule has 0 amide bonds. The number of carbonyl (C=O) groups is 1. The molecule has 2 nitrogen and oxygen atoms in total. The number of ether oxygens (including phenoxy) is 1. The second-order valence-electron chi connectivity index (χ2n) is 5.04. The van der Waals surface area contributed by atoms with Crippen LogP contribution in [0.15, 0.2) is 48.0 Å². The van der Waals surface area contributed by atoms with Gasteiger partial charge in [-0.2, -0.15) is 0 Å². The Kier molecular flexibility index (Phi) is 3.57. The Labute approximate surface area is 122 Å². The number of Topliss-reactive ketones (excluding diaryl/α,β-unsaturated/α-hetero) is 1. The first-order chi connectivity index (χ1) is 10.2. The van der Waals surface area contributed by atoms with Crippen molar-refractivity contribution in [3.63, 3.8) is 0 Å². The third-order valence-corrected chi connectivity index (χ3v) is 3.75. The highest BCUT2D eigenvalue weighted by atomic mass is 19.1. The molecule has 3 heteroatoms. The molecular weight excluding hydrogens is 267 g/mol. The van der Waals surface area contributed by atoms with E-state index >= 15 is 0 Å². The zero-order chi connectivity index (χ0) is 14.8. The zero-order valence-electron chi connectivity index (χ0n) is 11.7. The number of ketones is 1. The summed E-state index contributed by atoms with van der Waals surface area (Å²) in [7, 11) is 1.57. The summed E-state index contributed by atoms with van der Waals surface area (Å²) in [5, 5.41) is 0. The zero-order valence-corrected chi connectivity index (χ0v) is 11.7. The van der Waals surface area contributed by atoms with Crippen LogP contribution < -0.4 is 4.74 Å². The van der Waals surface area contributed by atoms with E-state index in [0.29, 0.717) is 28.9 Å². The van der Waals surface area contributed by atoms with Gasteiger partial charge in [-0.05, 0) is 42.7 Å². The van der Waals surface area contributed by atoms with Gasteiger partial charge in [0.05, 0.1) is 7.11 Å². The van der Waals surface area contributed by atoms with Crippen molar-refractivity contribution in [3.8, 4) is 5.75 Å². The first-order valence-corrected chi connectivity index (χ1v) is 6.86. The molecule has 3 rings (SSSR count). The Hall–Kier alpha value is -2.42. The van der Waals surface area contributed by atoms with E-state index in [2.05, 4.69) is 0 Å². The highest BCUT2D eigenvalue weighted by molar-refractivity contribution is 6.13. The minimum absolute atomic E-state index is 0.0431. The molecule has 0 N–H and O–H groups in total. The number of methoxy groups -OCH3 is 1. The second kappa shape index (κ2) is 5.52. The highest BCUT2D eigenvalue weighted by Crippen LogP contribution is 2.29. The molecule has 1 aliphatic carbocycles. The summed E-state index contributed by atoms with van der Waals surface area (Å²) in [6, 6.07) is 12.0. The summed E-state index contributed by atoms with van der Waals surface area (Å²) in [5.41, 5.74) is 2.77. The molecule has 106 valence electrons. The van der Waals surface area contributed by atoms with Crippen LogP contribution in [-0.4, -0.2) is 12.9 Å². The molecule has 2 aromatic rings. The molecule has 0 fully saturated rings. The molecule has 0 unspecified atom stereocenters. The van der Waals surface area contributed by atoms with Crippen molar-refractivity contribution in [1.29, 1.82) is 0 Å². The van der Waals surface area contributed by atoms with Gasteiger partial charge in [0.2, 0.25) is 0 Å². The lowest BCUT2D eigenvalue weighted by atomic mass is 9.86. The van der Waals surface area contributed by atoms with E-state index in [1.54, 1.807) is 37.5 Å². The number of benzene rings is 2. The van der Waals surface area contributed by atoms with Gasteiger partial charge in [-0.3, -0.25) is 4.79 Å². The summed E-state index contributed by atoms with van der Waals surface area (Å²) in [6.45, 7) is 0. The number of hydrogen-bond acceptors (Lipinski definition) is 2. The Bertz CT molecular complexity index is 732. The van der Waals surface area contributed by atoms with Gasteiger partial charge >= 0.3 is 0 Å². The Morgan fingerprint density at radius 3 is 2.71 bits per heavy atom. The standard InChI is InChI=1S/C18H15FO2/c1-21-15-9-8-12-6-7-14(18(20)16(12)11-15)10-13-4-2-3-5-17(13)19/h2-5,8-11H,6-7H2,1H3. The van der Waals surface area contributed by atoms with Gasteiger partial charge in [0.25, 0.3) is 0 Å². The van der Waals surface area contributed by atoms with Crippen LogP contribution in [0.25, 0.3) is 6.08 Å². The van der Waals surface area contributed by atoms with Gasteiger partial charge < -0.3 is 4.74 Å². The summed E-state index contributed by atoms with van der Waals surface area (Å²) < 4.78 is 18.9. The smallest absolute Gasteiger partial charge is 0.189 e. The number of fused-ring (bicyclic) bond motifs is 1. The maximum atomic E-state index is 13.7. The first-order valence-electron chi connectivity index (χ1n) is 6.86. The summed E-state index contributed by atoms with van der Waals surface area (Å²) in [5.74, 6) is 0.307. The molecule has 2 aromatic carbocycles. The molecule has 0 aromatic heterocycles. The Morgan fingerprint density at radius 1 is 1.14 bits per heavy atom. The van der Waals surface area contributed by atoms with Gasteiger partial charge in [-0.25, -0.2) is 4.39 Å². The Morgan fingerprint density at radius 2 is 1.95 bits per heavy atom. The monoisotopic (exact) mass is 282 g/mol. The van der Waals surface area contributed by atoms with E-state index in [4.69, 9.17) is 4.74 Å². The Balaban J connectivity index is 2.00. The normalized spacial score (nSPS) is 15.9. The predicted molar refractivity (Wildman–Crippen MR) is 80.0 cm³/mol. The topological polar surface area (TPSA) is 26.3 Å². The molecule has 0 bridgehead atoms. The van der Waals surface area contributed by atoms with Crippen LogP contribution in [0, 0.1) is 5.82 Å². The van der Waals surface area contributed by atoms with E-state index in [9.17, 15) is 9.18 Å². The maximum absolute atomic E-state index is 13.7. The average Bonchev–Trinajstić information content (AvgIpc) is 2.52. The van der Waals surface area contributed by atoms with Crippen molar-refractivity contribution in [3.05, 3.63) is 70.5 Å². The third kappa shape index (κ3) is 2.59. The number of rotatable bonds is 2. The van der Waals surface area contributed by atoms with Gasteiger partial charge in [-0.1, -0.05) is 24.3 Å². The van der Waals surface area contributed by atoms with Crippen LogP contribution in [0.1, 0.15) is 27.9 Å². The SMILES string of the molecule is COc1ccc2c(c1)C(=O)C(=Cc1ccccc1F)CC2. The number of carbonyl (C=O) groups excluding carboxylic acids is 1. The molecule has 21 heavy (non-hydrogen) atoms. The molecular formula is C18H15FO2. The third-order valence-electron chi connectivity index (χ3n) is 3.75. The lowest BCUT2D eigenvalue weighted by molar-refractivity contribution is 0.102. The van der Waals surface area contributed by atoms with E-state index in [0.717, 1.165) is 12.0 Å². The lowest BCUT2D eigenvalue weighted by Gasteiger charge is -2.18. The average molecular weight is 282 g/mol. The minimum Gasteiger partial charge on any atom is -0.497 e. The van der Waals surface area contributed by atoms with Crippen molar-refractivity contribution >= 4 is 11.9 Å². The van der Waals surface area contributed by atoms with Crippen LogP contribution in [0.5, 0.6) is 5.75 Å². The number of halogens is 1. The van der Waals surface area contributed by atoms with Crippen molar-refractivity contribution < 1.29 is 13.9 Å². The van der Waals surface area contributed by atoms with E-state index in [1.807, 2.05) is 12.1 Å². The fourth-order valence-corrected chi connectivity index (χ4v) is 2.59. The summed E-state index contributed by atoms with van der Waals surface area (Å²) in [6.07, 6.45) is 3.07. The quantitative estimate of drug-likeness (QED) is 0.777. The largest absolute Gasteiger partial charge is 0.497 e. The predicted octanol–water partition coefficient (Wildman–Crippen LogP) is 4.05. The number of allylic oxidation sites excluding steroid dienone is 1. The summed E-state index contributed by atoms with van der Waals surface area (Å²) in [4.78, 5) is 12.6. The molecule has 0 radical (unpaired) electrons. The molecule has 1 aliphatic rings. The molecule has 0 saturated carbocycles. The van der Waals surface area contributed by atoms with Crippen LogP contribution in [0.2, 0.25) is 0 Å². The van der Waals surface area contributed by atoms with E-state index in [1.165, 1.54) is 6.07 Å². The molecule has 0 atom stereocenters. The van der Waals surface area contributed by atoms with Crippen molar-refractivity contribution in [2.45, 2.75) is 12.8 Å².